The molecule has 1 amide bonds. The Morgan fingerprint density at radius 2 is 2.00 bits per heavy atom. The Hall–Kier alpha value is -1.60. The summed E-state index contributed by atoms with van der Waals surface area (Å²) in [5.74, 6) is 1.01. The van der Waals surface area contributed by atoms with E-state index in [1.807, 2.05) is 29.2 Å². The Kier molecular flexibility index (Phi) is 4.33. The van der Waals surface area contributed by atoms with Crippen molar-refractivity contribution in [1.82, 2.24) is 10.2 Å². The van der Waals surface area contributed by atoms with Crippen molar-refractivity contribution in [3.63, 3.8) is 0 Å². The summed E-state index contributed by atoms with van der Waals surface area (Å²) in [5.41, 5.74) is 0.777. The number of methoxy groups -OCH3 is 1. The van der Waals surface area contributed by atoms with Crippen LogP contribution in [0.4, 0.5) is 0 Å². The van der Waals surface area contributed by atoms with Crippen LogP contribution in [0.3, 0.4) is 0 Å². The minimum absolute atomic E-state index is 0.0513. The summed E-state index contributed by atoms with van der Waals surface area (Å²) in [6, 6.07) is 7.77. The van der Waals surface area contributed by atoms with Crippen LogP contribution in [0.5, 0.6) is 5.75 Å². The van der Waals surface area contributed by atoms with Gasteiger partial charge in [0.2, 0.25) is 5.91 Å². The summed E-state index contributed by atoms with van der Waals surface area (Å²) in [6.45, 7) is 1.12. The maximum Gasteiger partial charge on any atom is 0.234 e. The van der Waals surface area contributed by atoms with Gasteiger partial charge in [0.05, 0.1) is 30.7 Å². The van der Waals surface area contributed by atoms with Gasteiger partial charge < -0.3 is 10.1 Å². The molecule has 2 fully saturated rings. The molecule has 3 rings (SSSR count). The summed E-state index contributed by atoms with van der Waals surface area (Å²) < 4.78 is 28.1. The van der Waals surface area contributed by atoms with Crippen LogP contribution in [0.1, 0.15) is 18.4 Å². The number of carbonyl (C=O) groups excluding carboxylic acids is 1. The second-order valence-electron chi connectivity index (χ2n) is 6.29. The molecule has 1 aromatic carbocycles. The van der Waals surface area contributed by atoms with Crippen molar-refractivity contribution < 1.29 is 17.9 Å². The zero-order valence-corrected chi connectivity index (χ0v) is 14.1. The normalized spacial score (nSPS) is 22.3. The monoisotopic (exact) mass is 338 g/mol. The van der Waals surface area contributed by atoms with Crippen molar-refractivity contribution >= 4 is 15.7 Å². The smallest absolute Gasteiger partial charge is 0.234 e. The summed E-state index contributed by atoms with van der Waals surface area (Å²) in [4.78, 5) is 14.2. The highest BCUT2D eigenvalue weighted by molar-refractivity contribution is 7.91. The van der Waals surface area contributed by atoms with E-state index in [0.29, 0.717) is 13.1 Å². The molecule has 7 heteroatoms. The van der Waals surface area contributed by atoms with Crippen molar-refractivity contribution in [2.75, 3.05) is 38.2 Å². The molecule has 126 valence electrons. The summed E-state index contributed by atoms with van der Waals surface area (Å²) in [5, 5.41) is 3.12. The predicted octanol–water partition coefficient (Wildman–Crippen LogP) is 0.531. The van der Waals surface area contributed by atoms with Gasteiger partial charge in [-0.15, -0.1) is 0 Å². The third-order valence-corrected chi connectivity index (χ3v) is 6.16. The van der Waals surface area contributed by atoms with E-state index in [-0.39, 0.29) is 29.5 Å². The van der Waals surface area contributed by atoms with Crippen LogP contribution in [0.2, 0.25) is 0 Å². The molecule has 1 aliphatic heterocycles. The molecule has 0 spiro atoms. The van der Waals surface area contributed by atoms with Crippen LogP contribution < -0.4 is 10.1 Å². The molecule has 1 saturated carbocycles. The van der Waals surface area contributed by atoms with Crippen molar-refractivity contribution in [3.8, 4) is 5.75 Å². The van der Waals surface area contributed by atoms with Gasteiger partial charge in [0.25, 0.3) is 0 Å². The molecule has 0 aromatic heterocycles. The van der Waals surface area contributed by atoms with Crippen molar-refractivity contribution in [3.05, 3.63) is 29.8 Å². The molecule has 0 bridgehead atoms. The summed E-state index contributed by atoms with van der Waals surface area (Å²) >= 11 is 0. The zero-order chi connectivity index (χ0) is 16.5. The van der Waals surface area contributed by atoms with E-state index < -0.39 is 9.84 Å². The summed E-state index contributed by atoms with van der Waals surface area (Å²) in [7, 11) is -1.29. The van der Waals surface area contributed by atoms with E-state index in [1.54, 1.807) is 7.11 Å². The van der Waals surface area contributed by atoms with E-state index in [0.717, 1.165) is 24.2 Å². The third-order valence-electron chi connectivity index (χ3n) is 4.56. The Morgan fingerprint density at radius 3 is 2.61 bits per heavy atom. The Bertz CT molecular complexity index is 684. The Morgan fingerprint density at radius 1 is 1.30 bits per heavy atom. The number of nitrogens with one attached hydrogen (secondary N) is 1. The maximum atomic E-state index is 12.3. The van der Waals surface area contributed by atoms with Crippen molar-refractivity contribution in [2.45, 2.75) is 18.4 Å². The topological polar surface area (TPSA) is 75.7 Å². The fourth-order valence-electron chi connectivity index (χ4n) is 2.95. The Labute approximate surface area is 136 Å². The maximum absolute atomic E-state index is 12.3. The van der Waals surface area contributed by atoms with Gasteiger partial charge in [-0.1, -0.05) is 12.1 Å². The molecule has 23 heavy (non-hydrogen) atoms. The molecule has 1 saturated heterocycles. The second kappa shape index (κ2) is 6.13. The first-order valence-corrected chi connectivity index (χ1v) is 9.63. The van der Waals surface area contributed by atoms with Crippen LogP contribution in [0.25, 0.3) is 0 Å². The highest BCUT2D eigenvalue weighted by Crippen LogP contribution is 2.46. The van der Waals surface area contributed by atoms with Gasteiger partial charge in [-0.25, -0.2) is 8.42 Å². The lowest BCUT2D eigenvalue weighted by molar-refractivity contribution is -0.123. The van der Waals surface area contributed by atoms with Gasteiger partial charge in [-0.3, -0.25) is 9.69 Å². The number of ether oxygens (including phenoxy) is 1. The second-order valence-corrected chi connectivity index (χ2v) is 8.59. The molecular formula is C16H22N2O4S. The minimum Gasteiger partial charge on any atom is -0.497 e. The quantitative estimate of drug-likeness (QED) is 0.848. The minimum atomic E-state index is -2.91. The zero-order valence-electron chi connectivity index (χ0n) is 13.2. The van der Waals surface area contributed by atoms with Crippen molar-refractivity contribution in [1.29, 1.82) is 0 Å². The van der Waals surface area contributed by atoms with Crippen LogP contribution >= 0.6 is 0 Å². The van der Waals surface area contributed by atoms with Gasteiger partial charge in [-0.05, 0) is 30.5 Å². The molecule has 0 radical (unpaired) electrons. The molecule has 1 aromatic rings. The number of amides is 1. The molecule has 1 aliphatic carbocycles. The van der Waals surface area contributed by atoms with Crippen LogP contribution in [0.15, 0.2) is 24.3 Å². The average Bonchev–Trinajstić information content (AvgIpc) is 3.30. The largest absolute Gasteiger partial charge is 0.497 e. The van der Waals surface area contributed by atoms with Crippen LogP contribution in [-0.4, -0.2) is 57.5 Å². The first-order valence-electron chi connectivity index (χ1n) is 7.81. The van der Waals surface area contributed by atoms with Crippen molar-refractivity contribution in [2.24, 2.45) is 0 Å². The van der Waals surface area contributed by atoms with Gasteiger partial charge in [0, 0.05) is 13.1 Å². The van der Waals surface area contributed by atoms with Crippen LogP contribution in [-0.2, 0) is 20.2 Å². The molecule has 1 heterocycles. The fraction of sp³-hybridized carbons (Fsp3) is 0.562. The van der Waals surface area contributed by atoms with Gasteiger partial charge in [-0.2, -0.15) is 0 Å². The molecule has 0 atom stereocenters. The number of sulfone groups is 1. The number of hydrogen-bond acceptors (Lipinski definition) is 5. The lowest BCUT2D eigenvalue weighted by Gasteiger charge is -2.27. The average molecular weight is 338 g/mol. The van der Waals surface area contributed by atoms with Gasteiger partial charge in [0.15, 0.2) is 9.84 Å². The standard InChI is InChI=1S/C16H22N2O4S/c1-22-14-4-2-3-13(11-14)16(5-6-16)17-15(19)12-18-7-9-23(20,21)10-8-18/h2-4,11H,5-10,12H2,1H3,(H,17,19). The number of hydrogen-bond donors (Lipinski definition) is 1. The first-order chi connectivity index (χ1) is 10.9. The summed E-state index contributed by atoms with van der Waals surface area (Å²) in [6.07, 6.45) is 1.83. The van der Waals surface area contributed by atoms with E-state index in [9.17, 15) is 13.2 Å². The molecular weight excluding hydrogens is 316 g/mol. The van der Waals surface area contributed by atoms with Gasteiger partial charge >= 0.3 is 0 Å². The number of carbonyl (C=O) groups is 1. The third kappa shape index (κ3) is 3.84. The number of benzene rings is 1. The fourth-order valence-corrected chi connectivity index (χ4v) is 4.23. The molecule has 2 aliphatic rings. The molecule has 0 unspecified atom stereocenters. The van der Waals surface area contributed by atoms with E-state index in [4.69, 9.17) is 4.74 Å². The highest BCUT2D eigenvalue weighted by Gasteiger charge is 2.45. The van der Waals surface area contributed by atoms with E-state index >= 15 is 0 Å². The lowest BCUT2D eigenvalue weighted by Crippen LogP contribution is -2.47. The molecule has 6 nitrogen and oxygen atoms in total. The predicted molar refractivity (Wildman–Crippen MR) is 87.1 cm³/mol. The Balaban J connectivity index is 1.59. The van der Waals surface area contributed by atoms with Crippen LogP contribution in [0, 0.1) is 0 Å². The SMILES string of the molecule is COc1cccc(C2(NC(=O)CN3CCS(=O)(=O)CC3)CC2)c1. The molecule has 1 N–H and O–H groups in total. The number of nitrogens with zero attached hydrogens (tertiary/aromatic N) is 1. The number of rotatable bonds is 5. The van der Waals surface area contributed by atoms with E-state index in [2.05, 4.69) is 5.32 Å². The lowest BCUT2D eigenvalue weighted by atomic mass is 10.0. The highest BCUT2D eigenvalue weighted by atomic mass is 32.2. The van der Waals surface area contributed by atoms with E-state index in [1.165, 1.54) is 0 Å². The van der Waals surface area contributed by atoms with Gasteiger partial charge in [0.1, 0.15) is 5.75 Å². The first kappa shape index (κ1) is 16.3.